The van der Waals surface area contributed by atoms with Crippen LogP contribution in [0.5, 0.6) is 5.75 Å². The fraction of sp³-hybridized carbons (Fsp3) is 0.125. The minimum atomic E-state index is -0.771. The monoisotopic (exact) mass is 332 g/mol. The van der Waals surface area contributed by atoms with Crippen LogP contribution < -0.4 is 10.9 Å². The van der Waals surface area contributed by atoms with Gasteiger partial charge in [0.15, 0.2) is 5.75 Å². The molecule has 118 valence electrons. The number of thiophene rings is 1. The maximum Gasteiger partial charge on any atom is 0.267 e. The van der Waals surface area contributed by atoms with Crippen molar-refractivity contribution in [2.75, 3.05) is 5.32 Å². The Morgan fingerprint density at radius 3 is 2.83 bits per heavy atom. The van der Waals surface area contributed by atoms with Gasteiger partial charge >= 0.3 is 0 Å². The van der Waals surface area contributed by atoms with Crippen molar-refractivity contribution in [2.45, 2.75) is 6.92 Å². The molecule has 0 unspecified atom stereocenters. The van der Waals surface area contributed by atoms with Crippen molar-refractivity contribution in [1.29, 1.82) is 0 Å². The molecule has 0 spiro atoms. The van der Waals surface area contributed by atoms with Gasteiger partial charge in [0.25, 0.3) is 11.5 Å². The molecule has 0 aliphatic rings. The summed E-state index contributed by atoms with van der Waals surface area (Å²) < 4.78 is 15.1. The lowest BCUT2D eigenvalue weighted by Gasteiger charge is -2.11. The minimum absolute atomic E-state index is 0.253. The lowest BCUT2D eigenvalue weighted by atomic mass is 10.1. The fourth-order valence-electron chi connectivity index (χ4n) is 2.35. The fourth-order valence-corrected chi connectivity index (χ4v) is 3.23. The number of nitrogens with zero attached hydrogens (tertiary/aromatic N) is 1. The van der Waals surface area contributed by atoms with E-state index in [1.807, 2.05) is 0 Å². The van der Waals surface area contributed by atoms with E-state index in [1.54, 1.807) is 18.4 Å². The van der Waals surface area contributed by atoms with Crippen LogP contribution in [0, 0.1) is 12.7 Å². The van der Waals surface area contributed by atoms with Crippen LogP contribution in [-0.4, -0.2) is 15.6 Å². The molecule has 0 radical (unpaired) electrons. The summed E-state index contributed by atoms with van der Waals surface area (Å²) in [4.78, 5) is 24.8. The van der Waals surface area contributed by atoms with E-state index < -0.39 is 17.3 Å². The number of carbonyl (C=O) groups excluding carboxylic acids is 1. The maximum atomic E-state index is 13.3. The molecule has 1 aromatic carbocycles. The molecule has 0 aliphatic heterocycles. The lowest BCUT2D eigenvalue weighted by Crippen LogP contribution is -2.28. The molecule has 0 aliphatic carbocycles. The molecule has 3 rings (SSSR count). The van der Waals surface area contributed by atoms with Crippen LogP contribution >= 0.6 is 11.3 Å². The zero-order chi connectivity index (χ0) is 16.7. The number of carbonyl (C=O) groups is 1. The molecule has 0 saturated heterocycles. The van der Waals surface area contributed by atoms with Gasteiger partial charge in [0.1, 0.15) is 11.4 Å². The topological polar surface area (TPSA) is 71.3 Å². The molecule has 23 heavy (non-hydrogen) atoms. The Morgan fingerprint density at radius 1 is 1.35 bits per heavy atom. The summed E-state index contributed by atoms with van der Waals surface area (Å²) in [7, 11) is 1.53. The van der Waals surface area contributed by atoms with Crippen LogP contribution in [0.3, 0.4) is 0 Å². The van der Waals surface area contributed by atoms with E-state index in [4.69, 9.17) is 0 Å². The molecule has 5 nitrogen and oxygen atoms in total. The number of aromatic hydroxyl groups is 1. The molecule has 7 heteroatoms. The van der Waals surface area contributed by atoms with Crippen LogP contribution in [0.4, 0.5) is 10.1 Å². The van der Waals surface area contributed by atoms with Gasteiger partial charge in [0.05, 0.1) is 10.2 Å². The Hall–Kier alpha value is -2.67. The molecular formula is C16H13FN2O3S. The Balaban J connectivity index is 2.11. The summed E-state index contributed by atoms with van der Waals surface area (Å²) >= 11 is 1.23. The van der Waals surface area contributed by atoms with Crippen molar-refractivity contribution in [3.8, 4) is 5.75 Å². The molecule has 2 aromatic heterocycles. The average molecular weight is 332 g/mol. The lowest BCUT2D eigenvalue weighted by molar-refractivity contribution is 0.102. The third-order valence-electron chi connectivity index (χ3n) is 3.65. The van der Waals surface area contributed by atoms with Gasteiger partial charge < -0.3 is 15.0 Å². The normalized spacial score (nSPS) is 10.9. The predicted molar refractivity (Wildman–Crippen MR) is 87.8 cm³/mol. The zero-order valence-corrected chi connectivity index (χ0v) is 13.2. The van der Waals surface area contributed by atoms with Crippen molar-refractivity contribution in [3.63, 3.8) is 0 Å². The first-order valence-electron chi connectivity index (χ1n) is 6.77. The molecule has 0 atom stereocenters. The van der Waals surface area contributed by atoms with Gasteiger partial charge in [-0.15, -0.1) is 11.3 Å². The van der Waals surface area contributed by atoms with Crippen LogP contribution in [0.25, 0.3) is 10.2 Å². The molecule has 0 saturated carbocycles. The molecule has 0 fully saturated rings. The summed E-state index contributed by atoms with van der Waals surface area (Å²) in [5.41, 5.74) is 0.484. The van der Waals surface area contributed by atoms with Crippen molar-refractivity contribution in [1.82, 2.24) is 4.57 Å². The average Bonchev–Trinajstić information content (AvgIpc) is 2.99. The van der Waals surface area contributed by atoms with Gasteiger partial charge in [-0.3, -0.25) is 9.59 Å². The van der Waals surface area contributed by atoms with Crippen LogP contribution in [-0.2, 0) is 7.05 Å². The number of fused-ring (bicyclic) bond motifs is 1. The molecule has 1 amide bonds. The van der Waals surface area contributed by atoms with E-state index in [2.05, 4.69) is 5.32 Å². The summed E-state index contributed by atoms with van der Waals surface area (Å²) in [5.74, 6) is -1.63. The first-order valence-corrected chi connectivity index (χ1v) is 7.64. The largest absolute Gasteiger partial charge is 0.505 e. The highest BCUT2D eigenvalue weighted by atomic mass is 32.1. The van der Waals surface area contributed by atoms with Gasteiger partial charge in [-0.25, -0.2) is 4.39 Å². The molecule has 0 bridgehead atoms. The standard InChI is InChI=1S/C16H13FN2O3S/c1-8-3-4-9(17)7-10(8)18-15(21)12-13(20)14-11(5-6-23-14)19(2)16(12)22/h3-7,20H,1-2H3,(H,18,21). The van der Waals surface area contributed by atoms with Crippen LogP contribution in [0.2, 0.25) is 0 Å². The maximum absolute atomic E-state index is 13.3. The number of pyridine rings is 1. The summed E-state index contributed by atoms with van der Waals surface area (Å²) in [5, 5.41) is 14.5. The third kappa shape index (κ3) is 2.49. The van der Waals surface area contributed by atoms with Crippen LogP contribution in [0.15, 0.2) is 34.4 Å². The number of benzene rings is 1. The second-order valence-electron chi connectivity index (χ2n) is 5.14. The molecule has 3 aromatic rings. The number of amides is 1. The van der Waals surface area contributed by atoms with E-state index in [0.717, 1.165) is 0 Å². The highest BCUT2D eigenvalue weighted by Crippen LogP contribution is 2.31. The van der Waals surface area contributed by atoms with Gasteiger partial charge in [0, 0.05) is 12.7 Å². The Bertz CT molecular complexity index is 991. The number of halogens is 1. The number of hydrogen-bond acceptors (Lipinski definition) is 4. The van der Waals surface area contributed by atoms with Crippen molar-refractivity contribution >= 4 is 33.1 Å². The van der Waals surface area contributed by atoms with Crippen molar-refractivity contribution < 1.29 is 14.3 Å². The highest BCUT2D eigenvalue weighted by Gasteiger charge is 2.22. The Labute approximate surface area is 134 Å². The van der Waals surface area contributed by atoms with Gasteiger partial charge in [-0.05, 0) is 36.1 Å². The first-order chi connectivity index (χ1) is 10.9. The molecule has 2 heterocycles. The number of aryl methyl sites for hydroxylation is 2. The van der Waals surface area contributed by atoms with Crippen molar-refractivity contribution in [3.05, 3.63) is 56.9 Å². The second kappa shape index (κ2) is 5.51. The predicted octanol–water partition coefficient (Wildman–Crippen LogP) is 3.01. The summed E-state index contributed by atoms with van der Waals surface area (Å²) in [6.45, 7) is 1.70. The van der Waals surface area contributed by atoms with E-state index in [0.29, 0.717) is 15.8 Å². The van der Waals surface area contributed by atoms with Crippen molar-refractivity contribution in [2.24, 2.45) is 7.05 Å². The van der Waals surface area contributed by atoms with Crippen LogP contribution in [0.1, 0.15) is 15.9 Å². The van der Waals surface area contributed by atoms with Gasteiger partial charge in [-0.2, -0.15) is 0 Å². The second-order valence-corrected chi connectivity index (χ2v) is 6.05. The quantitative estimate of drug-likeness (QED) is 0.758. The smallest absolute Gasteiger partial charge is 0.267 e. The van der Waals surface area contributed by atoms with E-state index in [1.165, 1.54) is 41.2 Å². The minimum Gasteiger partial charge on any atom is -0.505 e. The molecule has 2 N–H and O–H groups in total. The Kier molecular flexibility index (Phi) is 3.65. The van der Waals surface area contributed by atoms with Gasteiger partial charge in [-0.1, -0.05) is 6.07 Å². The number of aromatic nitrogens is 1. The Morgan fingerprint density at radius 2 is 2.09 bits per heavy atom. The third-order valence-corrected chi connectivity index (χ3v) is 4.56. The van der Waals surface area contributed by atoms with Gasteiger partial charge in [0.2, 0.25) is 0 Å². The van der Waals surface area contributed by atoms with E-state index in [-0.39, 0.29) is 17.0 Å². The molecular weight excluding hydrogens is 319 g/mol. The highest BCUT2D eigenvalue weighted by molar-refractivity contribution is 7.17. The zero-order valence-electron chi connectivity index (χ0n) is 12.4. The SMILES string of the molecule is Cc1ccc(F)cc1NC(=O)c1c(O)c2sccc2n(C)c1=O. The number of anilines is 1. The van der Waals surface area contributed by atoms with E-state index >= 15 is 0 Å². The number of hydrogen-bond donors (Lipinski definition) is 2. The summed E-state index contributed by atoms with van der Waals surface area (Å²) in [6.07, 6.45) is 0. The number of rotatable bonds is 2. The first kappa shape index (κ1) is 15.2. The summed E-state index contributed by atoms with van der Waals surface area (Å²) in [6, 6.07) is 5.66. The van der Waals surface area contributed by atoms with E-state index in [9.17, 15) is 19.1 Å². The number of nitrogens with one attached hydrogen (secondary N) is 1.